The molecule has 0 aromatic heterocycles. The van der Waals surface area contributed by atoms with E-state index in [1.165, 1.54) is 24.3 Å². The van der Waals surface area contributed by atoms with E-state index in [1.807, 2.05) is 0 Å². The Labute approximate surface area is 195 Å². The molecule has 0 atom stereocenters. The molecule has 2 aliphatic heterocycles. The molecular formula is C24H6F2O10. The molecule has 10 nitrogen and oxygen atoms in total. The van der Waals surface area contributed by atoms with E-state index in [9.17, 15) is 19.2 Å². The van der Waals surface area contributed by atoms with Crippen LogP contribution in [0.25, 0.3) is 43.1 Å². The molecule has 12 heteroatoms. The van der Waals surface area contributed by atoms with Crippen molar-refractivity contribution in [3.05, 3.63) is 48.0 Å². The first-order valence-corrected chi connectivity index (χ1v) is 10.1. The van der Waals surface area contributed by atoms with Gasteiger partial charge in [0.15, 0.2) is 0 Å². The number of fused-ring (bicyclic) bond motifs is 2. The number of hydrogen-bond donors (Lipinski definition) is 0. The maximum atomic E-state index is 15.6. The highest BCUT2D eigenvalue weighted by molar-refractivity contribution is 6.35. The molecule has 0 bridgehead atoms. The number of cyclic esters (lactones) is 4. The molecule has 0 saturated carbocycles. The number of rotatable bonds is 0. The van der Waals surface area contributed by atoms with E-state index in [1.54, 1.807) is 0 Å². The van der Waals surface area contributed by atoms with Gasteiger partial charge in [-0.1, -0.05) is 0 Å². The molecule has 0 N–H and O–H groups in total. The summed E-state index contributed by atoms with van der Waals surface area (Å²) in [6, 6.07) is 7.14. The van der Waals surface area contributed by atoms with E-state index in [0.717, 1.165) is 12.1 Å². The average Bonchev–Trinajstić information content (AvgIpc) is 2.78. The molecule has 0 aliphatic carbocycles. The third-order valence-corrected chi connectivity index (χ3v) is 5.97. The number of ether oxygens (including phenoxy) is 6. The monoisotopic (exact) mass is 492 g/mol. The number of halogens is 2. The Balaban J connectivity index is 1.74. The molecule has 0 fully saturated rings. The van der Waals surface area contributed by atoms with Crippen LogP contribution in [0.15, 0.2) is 36.4 Å². The summed E-state index contributed by atoms with van der Waals surface area (Å²) < 4.78 is 60.2. The number of hydrogen-bond acceptors (Lipinski definition) is 10. The predicted octanol–water partition coefficient (Wildman–Crippen LogP) is 6.07. The van der Waals surface area contributed by atoms with Gasteiger partial charge in [0.1, 0.15) is 34.6 Å². The SMILES string of the molecule is O=C1OC(=O)Oc2cc(F)c3c4ccc5c6c(cc(F)c(c7ccc(c2c73)O1)c64)OC(=O)OC(=O)O5. The van der Waals surface area contributed by atoms with Crippen LogP contribution in [0.3, 0.4) is 0 Å². The van der Waals surface area contributed by atoms with Crippen LogP contribution in [0, 0.1) is 11.6 Å². The highest BCUT2D eigenvalue weighted by Crippen LogP contribution is 2.51. The molecule has 176 valence electrons. The van der Waals surface area contributed by atoms with Crippen molar-refractivity contribution in [1.29, 1.82) is 0 Å². The maximum Gasteiger partial charge on any atom is 0.524 e. The molecule has 0 spiro atoms. The second-order valence-electron chi connectivity index (χ2n) is 7.80. The second kappa shape index (κ2) is 6.66. The first kappa shape index (κ1) is 20.1. The molecule has 2 heterocycles. The Kier molecular flexibility index (Phi) is 3.73. The van der Waals surface area contributed by atoms with Gasteiger partial charge >= 0.3 is 24.6 Å². The van der Waals surface area contributed by atoms with Crippen molar-refractivity contribution < 1.29 is 56.4 Å². The van der Waals surface area contributed by atoms with E-state index < -0.39 is 36.3 Å². The van der Waals surface area contributed by atoms with E-state index in [0.29, 0.717) is 0 Å². The average molecular weight is 492 g/mol. The summed E-state index contributed by atoms with van der Waals surface area (Å²) in [6.07, 6.45) is -5.62. The van der Waals surface area contributed by atoms with Gasteiger partial charge in [-0.3, -0.25) is 0 Å². The summed E-state index contributed by atoms with van der Waals surface area (Å²) >= 11 is 0. The molecule has 0 radical (unpaired) electrons. The van der Waals surface area contributed by atoms with Crippen LogP contribution in [-0.2, 0) is 9.47 Å². The molecule has 0 amide bonds. The van der Waals surface area contributed by atoms with Gasteiger partial charge < -0.3 is 28.4 Å². The van der Waals surface area contributed by atoms with Crippen LogP contribution >= 0.6 is 0 Å². The summed E-state index contributed by atoms with van der Waals surface area (Å²) in [5, 5.41) is 0.396. The van der Waals surface area contributed by atoms with Crippen LogP contribution < -0.4 is 18.9 Å². The summed E-state index contributed by atoms with van der Waals surface area (Å²) in [7, 11) is 0. The minimum atomic E-state index is -1.44. The van der Waals surface area contributed by atoms with Crippen molar-refractivity contribution in [2.45, 2.75) is 0 Å². The Morgan fingerprint density at radius 3 is 1.17 bits per heavy atom. The minimum absolute atomic E-state index is 0.0209. The quantitative estimate of drug-likeness (QED) is 0.0827. The minimum Gasteiger partial charge on any atom is -0.394 e. The Morgan fingerprint density at radius 1 is 0.417 bits per heavy atom. The zero-order valence-corrected chi connectivity index (χ0v) is 17.3. The van der Waals surface area contributed by atoms with Gasteiger partial charge in [0.05, 0.1) is 10.8 Å². The molecule has 5 aromatic carbocycles. The van der Waals surface area contributed by atoms with Crippen LogP contribution in [0.1, 0.15) is 0 Å². The molecule has 5 aromatic rings. The summed E-state index contributed by atoms with van der Waals surface area (Å²) in [4.78, 5) is 47.5. The lowest BCUT2D eigenvalue weighted by Gasteiger charge is -2.22. The lowest BCUT2D eigenvalue weighted by atomic mass is 9.88. The van der Waals surface area contributed by atoms with Gasteiger partial charge in [-0.05, 0) is 35.0 Å². The summed E-state index contributed by atoms with van der Waals surface area (Å²) in [6.45, 7) is 0. The number of carbonyl (C=O) groups is 4. The number of benzene rings is 5. The Bertz CT molecular complexity index is 1760. The Morgan fingerprint density at radius 2 is 0.778 bits per heavy atom. The zero-order valence-electron chi connectivity index (χ0n) is 17.3. The van der Waals surface area contributed by atoms with Gasteiger partial charge in [-0.2, -0.15) is 0 Å². The third-order valence-electron chi connectivity index (χ3n) is 5.97. The Hall–Kier alpha value is -5.26. The number of carbonyl (C=O) groups excluding carboxylic acids is 4. The lowest BCUT2D eigenvalue weighted by Crippen LogP contribution is -2.22. The molecule has 7 rings (SSSR count). The molecule has 0 saturated heterocycles. The van der Waals surface area contributed by atoms with Crippen molar-refractivity contribution in [3.8, 4) is 23.0 Å². The summed E-state index contributed by atoms with van der Waals surface area (Å²) in [5.41, 5.74) is 0. The van der Waals surface area contributed by atoms with Crippen LogP contribution in [-0.4, -0.2) is 24.6 Å². The van der Waals surface area contributed by atoms with E-state index in [2.05, 4.69) is 9.47 Å². The van der Waals surface area contributed by atoms with Gasteiger partial charge in [0, 0.05) is 33.7 Å². The van der Waals surface area contributed by atoms with Gasteiger partial charge in [0.25, 0.3) is 0 Å². The van der Waals surface area contributed by atoms with Gasteiger partial charge in [-0.25, -0.2) is 28.0 Å². The van der Waals surface area contributed by atoms with Crippen molar-refractivity contribution in [2.75, 3.05) is 0 Å². The molecule has 36 heavy (non-hydrogen) atoms. The van der Waals surface area contributed by atoms with Crippen molar-refractivity contribution in [1.82, 2.24) is 0 Å². The van der Waals surface area contributed by atoms with E-state index in [-0.39, 0.29) is 66.1 Å². The molecule has 0 unspecified atom stereocenters. The molecular weight excluding hydrogens is 486 g/mol. The first-order chi connectivity index (χ1) is 17.3. The smallest absolute Gasteiger partial charge is 0.394 e. The van der Waals surface area contributed by atoms with E-state index >= 15 is 8.78 Å². The fourth-order valence-electron chi connectivity index (χ4n) is 4.79. The highest BCUT2D eigenvalue weighted by atomic mass is 19.1. The molecule has 2 aliphatic rings. The zero-order chi connectivity index (χ0) is 24.9. The fraction of sp³-hybridized carbons (Fsp3) is 0. The lowest BCUT2D eigenvalue weighted by molar-refractivity contribution is 0.0857. The van der Waals surface area contributed by atoms with Gasteiger partial charge in [-0.15, -0.1) is 0 Å². The van der Waals surface area contributed by atoms with Crippen LogP contribution in [0.5, 0.6) is 23.0 Å². The normalized spacial score (nSPS) is 15.4. The maximum absolute atomic E-state index is 15.6. The third kappa shape index (κ3) is 2.57. The topological polar surface area (TPSA) is 124 Å². The largest absolute Gasteiger partial charge is 0.524 e. The standard InChI is InChI=1S/C24H6F2O10/c25-9-5-14-20-12(32-22(28)36-24(30)34-14)4-2-8-16-10(26)6-13-19-11(31-21(27)35-23(29)33-13)3-1-7(17(16)19)15(9)18(8)20/h1-6H. The fourth-order valence-corrected chi connectivity index (χ4v) is 4.79. The second-order valence-corrected chi connectivity index (χ2v) is 7.80. The van der Waals surface area contributed by atoms with E-state index in [4.69, 9.17) is 18.9 Å². The van der Waals surface area contributed by atoms with Crippen molar-refractivity contribution in [3.63, 3.8) is 0 Å². The van der Waals surface area contributed by atoms with Crippen LogP contribution in [0.2, 0.25) is 0 Å². The van der Waals surface area contributed by atoms with Crippen molar-refractivity contribution in [2.24, 2.45) is 0 Å². The van der Waals surface area contributed by atoms with Crippen LogP contribution in [0.4, 0.5) is 28.0 Å². The van der Waals surface area contributed by atoms with Gasteiger partial charge in [0.2, 0.25) is 0 Å². The van der Waals surface area contributed by atoms with Crippen molar-refractivity contribution >= 4 is 67.7 Å². The predicted molar refractivity (Wildman–Crippen MR) is 114 cm³/mol. The summed E-state index contributed by atoms with van der Waals surface area (Å²) in [5.74, 6) is -2.61. The highest BCUT2D eigenvalue weighted by Gasteiger charge is 2.31. The first-order valence-electron chi connectivity index (χ1n) is 10.1.